The third-order valence-corrected chi connectivity index (χ3v) is 16.4. The molecule has 3 aliphatic rings. The number of allylic oxidation sites excluding steroid dienone is 1. The number of phenolic OH excluding ortho intramolecular Hbond substituents is 1. The van der Waals surface area contributed by atoms with Gasteiger partial charge in [0.25, 0.3) is 5.88 Å². The first-order chi connectivity index (χ1) is 29.9. The number of hydrogen-bond donors (Lipinski definition) is 2. The zero-order valence-corrected chi connectivity index (χ0v) is 40.3. The highest BCUT2D eigenvalue weighted by atomic mass is 28.4. The summed E-state index contributed by atoms with van der Waals surface area (Å²) in [5.74, 6) is -7.28. The van der Waals surface area contributed by atoms with Gasteiger partial charge in [-0.15, -0.1) is 26.3 Å². The van der Waals surface area contributed by atoms with Crippen LogP contribution in [0.4, 0.5) is 28.4 Å². The van der Waals surface area contributed by atoms with E-state index >= 15 is 9.59 Å². The van der Waals surface area contributed by atoms with E-state index in [1.54, 1.807) is 12.2 Å². The topological polar surface area (TPSA) is 187 Å². The number of ether oxygens (including phenoxy) is 4. The first kappa shape index (κ1) is 50.9. The fourth-order valence-electron chi connectivity index (χ4n) is 8.30. The average molecular weight is 934 g/mol. The van der Waals surface area contributed by atoms with Gasteiger partial charge in [0, 0.05) is 36.2 Å². The molecule has 3 aliphatic carbocycles. The van der Waals surface area contributed by atoms with Crippen LogP contribution in [-0.2, 0) is 20.3 Å². The number of aromatic nitrogens is 1. The highest BCUT2D eigenvalue weighted by Crippen LogP contribution is 2.61. The Labute approximate surface area is 378 Å². The summed E-state index contributed by atoms with van der Waals surface area (Å²) in [5, 5.41) is 28.8. The van der Waals surface area contributed by atoms with Crippen LogP contribution in [0.5, 0.6) is 17.4 Å². The second kappa shape index (κ2) is 17.9. The Bertz CT molecular complexity index is 2230. The number of aliphatic hydroxyl groups is 1. The number of anilines is 1. The van der Waals surface area contributed by atoms with Crippen LogP contribution in [0, 0.1) is 11.8 Å². The quantitative estimate of drug-likeness (QED) is 0.110. The lowest BCUT2D eigenvalue weighted by atomic mass is 9.58. The minimum Gasteiger partial charge on any atom is -0.508 e. The number of hydrogen-bond acceptors (Lipinski definition) is 14. The number of amides is 2. The fourth-order valence-corrected chi connectivity index (χ4v) is 9.75. The number of ketones is 2. The Kier molecular flexibility index (Phi) is 14.0. The summed E-state index contributed by atoms with van der Waals surface area (Å²) in [6.07, 6.45) is -4.36. The number of benzene rings is 1. The molecule has 0 spiro atoms. The Morgan fingerprint density at radius 2 is 1.54 bits per heavy atom. The predicted octanol–water partition coefficient (Wildman–Crippen LogP) is 10.7. The van der Waals surface area contributed by atoms with Crippen LogP contribution in [-0.4, -0.2) is 95.2 Å². The molecule has 0 bridgehead atoms. The molecule has 0 saturated heterocycles. The smallest absolute Gasteiger partial charge is 0.508 e. The average Bonchev–Trinajstić information content (AvgIpc) is 3.55. The van der Waals surface area contributed by atoms with Crippen LogP contribution in [0.15, 0.2) is 47.2 Å². The van der Waals surface area contributed by atoms with E-state index < -0.39 is 124 Å². The molecule has 0 aliphatic heterocycles. The molecule has 2 N–H and O–H groups in total. The summed E-state index contributed by atoms with van der Waals surface area (Å²) in [6.45, 7) is 28.6. The zero-order valence-electron chi connectivity index (χ0n) is 39.3. The van der Waals surface area contributed by atoms with E-state index in [1.165, 1.54) is 41.5 Å². The summed E-state index contributed by atoms with van der Waals surface area (Å²) >= 11 is 0. The van der Waals surface area contributed by atoms with Crippen LogP contribution >= 0.6 is 0 Å². The molecule has 15 nitrogen and oxygen atoms in total. The maximum Gasteiger partial charge on any atom is 0.573 e. The van der Waals surface area contributed by atoms with Crippen molar-refractivity contribution >= 4 is 37.8 Å². The first-order valence-electron chi connectivity index (χ1n) is 21.6. The lowest BCUT2D eigenvalue weighted by molar-refractivity contribution is -0.275. The second-order valence-corrected chi connectivity index (χ2v) is 24.8. The third-order valence-electron chi connectivity index (χ3n) is 11.9. The molecule has 2 amide bonds. The molecular weight excluding hydrogens is 872 g/mol. The van der Waals surface area contributed by atoms with Crippen molar-refractivity contribution in [3.63, 3.8) is 0 Å². The minimum atomic E-state index is -5.39. The van der Waals surface area contributed by atoms with Gasteiger partial charge in [-0.1, -0.05) is 46.3 Å². The Morgan fingerprint density at radius 3 is 2.03 bits per heavy atom. The van der Waals surface area contributed by atoms with Crippen molar-refractivity contribution in [1.82, 2.24) is 10.1 Å². The highest BCUT2D eigenvalue weighted by molar-refractivity contribution is 6.74. The zero-order chi connectivity index (χ0) is 49.0. The number of halogens is 3. The Morgan fingerprint density at radius 1 is 0.969 bits per heavy atom. The van der Waals surface area contributed by atoms with Crippen LogP contribution in [0.25, 0.3) is 0 Å². The molecule has 4 atom stereocenters. The predicted molar refractivity (Wildman–Crippen MR) is 236 cm³/mol. The minimum absolute atomic E-state index is 0.0937. The summed E-state index contributed by atoms with van der Waals surface area (Å²) in [7, 11) is -3.21. The standard InChI is InChI=1S/C46H62F3N3O12Si/c1-15-18-21-59-39-32-36(63-50-39)33(51(19-16-2)20-17-3)27-23-25-22-26-29(60-46(47,48)49)24-28(52(40(57)61-42(4,5)6)41(58)62-43(7,8)9)34(53)31(26)35(54)30(25)37(55)45(27,38(32)56)64-65(13,14)44(10,11)12/h16-17,24-25,27,33,53,55H,2-3,15,18-23H2,1,4-14H3/t25-,27-,33-,45-/m0/s1. The molecule has 0 fully saturated rings. The van der Waals surface area contributed by atoms with Crippen LogP contribution in [0.1, 0.15) is 127 Å². The molecule has 1 heterocycles. The number of fused-ring (bicyclic) bond motifs is 4. The van der Waals surface area contributed by atoms with Crippen LogP contribution in [0.3, 0.4) is 0 Å². The SMILES string of the molecule is C=CCN(CC=C)[C@@H]1c2onc(OCCCC)c2C(=O)[C@@]2(O[Si](C)(C)C(C)(C)C)C(O)=C3C(=O)c4c(O)c(N(C(=O)OC(C)(C)C)C(=O)OC(C)(C)C)cc(OC(F)(F)F)c4C[C@H]3C[C@@H]12. The highest BCUT2D eigenvalue weighted by Gasteiger charge is 2.68. The van der Waals surface area contributed by atoms with Crippen molar-refractivity contribution in [1.29, 1.82) is 0 Å². The van der Waals surface area contributed by atoms with E-state index in [1.807, 2.05) is 45.7 Å². The largest absolute Gasteiger partial charge is 0.573 e. The number of phenols is 1. The summed E-state index contributed by atoms with van der Waals surface area (Å²) in [5.41, 5.74) is -7.67. The number of unbranched alkanes of at least 4 members (excludes halogenated alkanes) is 1. The molecule has 65 heavy (non-hydrogen) atoms. The number of aliphatic hydroxyl groups excluding tert-OH is 1. The van der Waals surface area contributed by atoms with Gasteiger partial charge in [-0.3, -0.25) is 14.5 Å². The fraction of sp³-hybridized carbons (Fsp3) is 0.587. The van der Waals surface area contributed by atoms with Gasteiger partial charge < -0.3 is 38.1 Å². The second-order valence-electron chi connectivity index (χ2n) is 20.1. The van der Waals surface area contributed by atoms with E-state index in [0.717, 1.165) is 6.42 Å². The van der Waals surface area contributed by atoms with E-state index in [-0.39, 0.29) is 48.2 Å². The van der Waals surface area contributed by atoms with Gasteiger partial charge >= 0.3 is 18.5 Å². The molecule has 1 aromatic heterocycles. The van der Waals surface area contributed by atoms with Gasteiger partial charge in [-0.2, -0.15) is 4.90 Å². The molecule has 19 heteroatoms. The van der Waals surface area contributed by atoms with Gasteiger partial charge in [-0.05, 0) is 90.0 Å². The first-order valence-corrected chi connectivity index (χ1v) is 24.5. The van der Waals surface area contributed by atoms with E-state index in [0.29, 0.717) is 12.5 Å². The lowest BCUT2D eigenvalue weighted by Gasteiger charge is -2.55. The van der Waals surface area contributed by atoms with Crippen molar-refractivity contribution in [2.75, 3.05) is 24.6 Å². The molecule has 0 saturated carbocycles. The van der Waals surface area contributed by atoms with Gasteiger partial charge in [-0.25, -0.2) is 9.59 Å². The molecule has 358 valence electrons. The summed E-state index contributed by atoms with van der Waals surface area (Å²) in [4.78, 5) is 60.6. The monoisotopic (exact) mass is 933 g/mol. The summed E-state index contributed by atoms with van der Waals surface area (Å²) < 4.78 is 77.7. The van der Waals surface area contributed by atoms with Crippen LogP contribution < -0.4 is 14.4 Å². The van der Waals surface area contributed by atoms with Crippen molar-refractivity contribution in [3.8, 4) is 17.4 Å². The maximum atomic E-state index is 15.7. The molecule has 0 unspecified atom stereocenters. The normalized spacial score (nSPS) is 21.2. The molecule has 1 aromatic carbocycles. The molecule has 2 aromatic rings. The number of Topliss-reactive ketones (excluding diaryl/α,β-unsaturated/α-hetero) is 2. The number of aromatic hydroxyl groups is 1. The lowest BCUT2D eigenvalue weighted by Crippen LogP contribution is -2.65. The number of alkyl halides is 3. The van der Waals surface area contributed by atoms with Crippen molar-refractivity contribution < 1.29 is 70.5 Å². The molecule has 0 radical (unpaired) electrons. The van der Waals surface area contributed by atoms with E-state index in [9.17, 15) is 33.0 Å². The van der Waals surface area contributed by atoms with Crippen LogP contribution in [0.2, 0.25) is 18.1 Å². The Hall–Kier alpha value is -5.14. The molecule has 5 rings (SSSR count). The Balaban J connectivity index is 1.89. The number of imide groups is 1. The third kappa shape index (κ3) is 9.87. The van der Waals surface area contributed by atoms with Gasteiger partial charge in [0.05, 0.1) is 18.2 Å². The van der Waals surface area contributed by atoms with Gasteiger partial charge in [0.1, 0.15) is 34.0 Å². The molecular formula is C46H62F3N3O12Si. The van der Waals surface area contributed by atoms with Crippen molar-refractivity contribution in [2.45, 2.75) is 142 Å². The van der Waals surface area contributed by atoms with Crippen molar-refractivity contribution in [2.24, 2.45) is 11.8 Å². The van der Waals surface area contributed by atoms with E-state index in [4.69, 9.17) is 23.2 Å². The van der Waals surface area contributed by atoms with Gasteiger partial charge in [0.2, 0.25) is 5.78 Å². The van der Waals surface area contributed by atoms with Crippen molar-refractivity contribution in [3.05, 3.63) is 65.2 Å². The number of rotatable bonds is 13. The number of carbonyl (C=O) groups excluding carboxylic acids is 4. The maximum absolute atomic E-state index is 15.7. The number of carbonyl (C=O) groups is 4. The van der Waals surface area contributed by atoms with E-state index in [2.05, 4.69) is 23.1 Å². The summed E-state index contributed by atoms with van der Waals surface area (Å²) in [6, 6.07) is -0.341. The number of nitrogens with zero attached hydrogens (tertiary/aromatic N) is 3. The van der Waals surface area contributed by atoms with Gasteiger partial charge in [0.15, 0.2) is 31.2 Å².